The van der Waals surface area contributed by atoms with Gasteiger partial charge in [0.15, 0.2) is 0 Å². The third-order valence-corrected chi connectivity index (χ3v) is 6.63. The number of anilines is 3. The molecule has 2 aliphatic heterocycles. The molecule has 2 aliphatic rings. The zero-order valence-electron chi connectivity index (χ0n) is 21.1. The summed E-state index contributed by atoms with van der Waals surface area (Å²) in [6, 6.07) is 12.8. The number of ether oxygens (including phenoxy) is 1. The van der Waals surface area contributed by atoms with Crippen molar-refractivity contribution < 1.29 is 9.53 Å². The first-order valence-corrected chi connectivity index (χ1v) is 12.5. The third kappa shape index (κ3) is 6.00. The van der Waals surface area contributed by atoms with Gasteiger partial charge in [-0.1, -0.05) is 32.9 Å². The Morgan fingerprint density at radius 3 is 2.32 bits per heavy atom. The minimum atomic E-state index is 0.143. The Morgan fingerprint density at radius 1 is 1.03 bits per heavy atom. The SMILES string of the molecule is CNc1nc(-c2ccc(N3CCN(C(=O)C4CCOCC4)CC3)cc2)ccc1NCC(C)(C)C. The Morgan fingerprint density at radius 2 is 1.71 bits per heavy atom. The van der Waals surface area contributed by atoms with Gasteiger partial charge < -0.3 is 25.2 Å². The van der Waals surface area contributed by atoms with E-state index in [-0.39, 0.29) is 11.3 Å². The summed E-state index contributed by atoms with van der Waals surface area (Å²) < 4.78 is 5.41. The number of piperazine rings is 1. The van der Waals surface area contributed by atoms with Crippen LogP contribution in [0.4, 0.5) is 17.2 Å². The van der Waals surface area contributed by atoms with Gasteiger partial charge in [-0.05, 0) is 42.5 Å². The van der Waals surface area contributed by atoms with E-state index in [1.807, 2.05) is 11.9 Å². The first-order valence-electron chi connectivity index (χ1n) is 12.5. The van der Waals surface area contributed by atoms with Crippen molar-refractivity contribution in [3.8, 4) is 11.3 Å². The number of amides is 1. The topological polar surface area (TPSA) is 69.7 Å². The maximum Gasteiger partial charge on any atom is 0.225 e. The number of nitrogens with one attached hydrogen (secondary N) is 2. The first-order chi connectivity index (χ1) is 16.3. The molecule has 0 unspecified atom stereocenters. The van der Waals surface area contributed by atoms with Gasteiger partial charge in [0.05, 0.1) is 11.4 Å². The number of nitrogens with zero attached hydrogens (tertiary/aromatic N) is 3. The molecule has 2 N–H and O–H groups in total. The number of hydrogen-bond donors (Lipinski definition) is 2. The number of hydrogen-bond acceptors (Lipinski definition) is 6. The van der Waals surface area contributed by atoms with E-state index in [2.05, 4.69) is 72.7 Å². The smallest absolute Gasteiger partial charge is 0.225 e. The maximum atomic E-state index is 12.8. The second-order valence-electron chi connectivity index (χ2n) is 10.5. The molecule has 7 heteroatoms. The van der Waals surface area contributed by atoms with Crippen LogP contribution in [-0.4, -0.2) is 68.8 Å². The molecule has 0 bridgehead atoms. The van der Waals surface area contributed by atoms with E-state index in [9.17, 15) is 4.79 Å². The van der Waals surface area contributed by atoms with Crippen molar-refractivity contribution >= 4 is 23.1 Å². The van der Waals surface area contributed by atoms with E-state index in [0.717, 1.165) is 68.3 Å². The molecule has 0 radical (unpaired) electrons. The van der Waals surface area contributed by atoms with Gasteiger partial charge in [-0.2, -0.15) is 0 Å². The summed E-state index contributed by atoms with van der Waals surface area (Å²) >= 11 is 0. The van der Waals surface area contributed by atoms with Gasteiger partial charge in [-0.15, -0.1) is 0 Å². The summed E-state index contributed by atoms with van der Waals surface area (Å²) in [5.74, 6) is 1.31. The van der Waals surface area contributed by atoms with Crippen LogP contribution in [0, 0.1) is 11.3 Å². The first kappa shape index (κ1) is 24.3. The fourth-order valence-corrected chi connectivity index (χ4v) is 4.54. The molecule has 1 aromatic heterocycles. The van der Waals surface area contributed by atoms with Crippen LogP contribution < -0.4 is 15.5 Å². The second-order valence-corrected chi connectivity index (χ2v) is 10.5. The van der Waals surface area contributed by atoms with Crippen LogP contribution in [0.2, 0.25) is 0 Å². The Labute approximate surface area is 203 Å². The van der Waals surface area contributed by atoms with Crippen molar-refractivity contribution in [1.29, 1.82) is 0 Å². The predicted molar refractivity (Wildman–Crippen MR) is 140 cm³/mol. The fraction of sp³-hybridized carbons (Fsp3) is 0.556. The quantitative estimate of drug-likeness (QED) is 0.662. The Hall–Kier alpha value is -2.80. The number of benzene rings is 1. The van der Waals surface area contributed by atoms with Gasteiger partial charge in [-0.25, -0.2) is 4.98 Å². The lowest BCUT2D eigenvalue weighted by molar-refractivity contribution is -0.138. The van der Waals surface area contributed by atoms with Crippen LogP contribution >= 0.6 is 0 Å². The lowest BCUT2D eigenvalue weighted by Crippen LogP contribution is -2.51. The molecule has 1 aromatic carbocycles. The Balaban J connectivity index is 1.36. The number of carbonyl (C=O) groups is 1. The predicted octanol–water partition coefficient (Wildman–Crippen LogP) is 4.32. The number of pyridine rings is 1. The molecule has 34 heavy (non-hydrogen) atoms. The summed E-state index contributed by atoms with van der Waals surface area (Å²) in [5, 5.41) is 6.72. The molecular weight excluding hydrogens is 426 g/mol. The van der Waals surface area contributed by atoms with Gasteiger partial charge >= 0.3 is 0 Å². The largest absolute Gasteiger partial charge is 0.382 e. The monoisotopic (exact) mass is 465 g/mol. The van der Waals surface area contributed by atoms with Crippen molar-refractivity contribution in [2.45, 2.75) is 33.6 Å². The summed E-state index contributed by atoms with van der Waals surface area (Å²) in [7, 11) is 1.91. The normalized spacial score (nSPS) is 17.5. The van der Waals surface area contributed by atoms with Crippen LogP contribution in [0.5, 0.6) is 0 Å². The lowest BCUT2D eigenvalue weighted by atomic mass is 9.97. The molecule has 0 saturated carbocycles. The van der Waals surface area contributed by atoms with E-state index in [0.29, 0.717) is 19.1 Å². The molecule has 7 nitrogen and oxygen atoms in total. The van der Waals surface area contributed by atoms with Gasteiger partial charge in [0.25, 0.3) is 0 Å². The highest BCUT2D eigenvalue weighted by Crippen LogP contribution is 2.28. The minimum Gasteiger partial charge on any atom is -0.382 e. The van der Waals surface area contributed by atoms with Gasteiger partial charge in [-0.3, -0.25) is 4.79 Å². The van der Waals surface area contributed by atoms with Gasteiger partial charge in [0.1, 0.15) is 5.82 Å². The van der Waals surface area contributed by atoms with Crippen molar-refractivity contribution in [2.24, 2.45) is 11.3 Å². The Kier molecular flexibility index (Phi) is 7.61. The molecule has 0 aliphatic carbocycles. The fourth-order valence-electron chi connectivity index (χ4n) is 4.54. The summed E-state index contributed by atoms with van der Waals surface area (Å²) in [6.45, 7) is 12.3. The third-order valence-electron chi connectivity index (χ3n) is 6.63. The van der Waals surface area contributed by atoms with Crippen LogP contribution in [0.3, 0.4) is 0 Å². The highest BCUT2D eigenvalue weighted by Gasteiger charge is 2.28. The highest BCUT2D eigenvalue weighted by atomic mass is 16.5. The summed E-state index contributed by atoms with van der Waals surface area (Å²) in [5.41, 5.74) is 4.45. The van der Waals surface area contributed by atoms with E-state index in [4.69, 9.17) is 9.72 Å². The average Bonchev–Trinajstić information content (AvgIpc) is 2.87. The molecule has 2 fully saturated rings. The summed E-state index contributed by atoms with van der Waals surface area (Å²) in [4.78, 5) is 22.0. The van der Waals surface area contributed by atoms with E-state index < -0.39 is 0 Å². The van der Waals surface area contributed by atoms with Crippen molar-refractivity contribution in [1.82, 2.24) is 9.88 Å². The molecule has 2 aromatic rings. The minimum absolute atomic E-state index is 0.143. The molecule has 2 saturated heterocycles. The van der Waals surface area contributed by atoms with Crippen molar-refractivity contribution in [3.63, 3.8) is 0 Å². The number of aromatic nitrogens is 1. The molecular formula is C27H39N5O2. The zero-order chi connectivity index (χ0) is 24.1. The van der Waals surface area contributed by atoms with E-state index in [1.54, 1.807) is 0 Å². The molecule has 4 rings (SSSR count). The lowest BCUT2D eigenvalue weighted by Gasteiger charge is -2.38. The average molecular weight is 466 g/mol. The van der Waals surface area contributed by atoms with Gasteiger partial charge in [0, 0.05) is 70.2 Å². The highest BCUT2D eigenvalue weighted by molar-refractivity contribution is 5.79. The van der Waals surface area contributed by atoms with Crippen LogP contribution in [0.15, 0.2) is 36.4 Å². The van der Waals surface area contributed by atoms with Gasteiger partial charge in [0.2, 0.25) is 5.91 Å². The molecule has 0 atom stereocenters. The van der Waals surface area contributed by atoms with E-state index >= 15 is 0 Å². The van der Waals surface area contributed by atoms with Crippen molar-refractivity contribution in [3.05, 3.63) is 36.4 Å². The standard InChI is InChI=1S/C27H39N5O2/c1-27(2,3)19-29-24-10-9-23(30-25(24)28-4)20-5-7-22(8-6-20)31-13-15-32(16-14-31)26(33)21-11-17-34-18-12-21/h5-10,21,29H,11-19H2,1-4H3,(H,28,30). The van der Waals surface area contributed by atoms with Crippen LogP contribution in [-0.2, 0) is 9.53 Å². The second kappa shape index (κ2) is 10.6. The Bertz CT molecular complexity index is 956. The van der Waals surface area contributed by atoms with Crippen LogP contribution in [0.25, 0.3) is 11.3 Å². The summed E-state index contributed by atoms with van der Waals surface area (Å²) in [6.07, 6.45) is 1.72. The molecule has 184 valence electrons. The van der Waals surface area contributed by atoms with E-state index in [1.165, 1.54) is 5.69 Å². The van der Waals surface area contributed by atoms with Crippen molar-refractivity contribution in [2.75, 3.05) is 68.5 Å². The molecule has 3 heterocycles. The number of carbonyl (C=O) groups excluding carboxylic acids is 1. The van der Waals surface area contributed by atoms with Crippen LogP contribution in [0.1, 0.15) is 33.6 Å². The number of rotatable bonds is 6. The molecule has 1 amide bonds. The zero-order valence-corrected chi connectivity index (χ0v) is 21.1. The maximum absolute atomic E-state index is 12.8. The molecule has 0 spiro atoms.